The van der Waals surface area contributed by atoms with Crippen molar-refractivity contribution >= 4 is 5.97 Å². The second-order valence-corrected chi connectivity index (χ2v) is 5.82. The van der Waals surface area contributed by atoms with E-state index in [0.29, 0.717) is 5.75 Å². The van der Waals surface area contributed by atoms with Crippen molar-refractivity contribution in [3.05, 3.63) is 22.3 Å². The Morgan fingerprint density at radius 2 is 1.33 bits per heavy atom. The van der Waals surface area contributed by atoms with Crippen molar-refractivity contribution in [1.29, 1.82) is 0 Å². The first-order valence-corrected chi connectivity index (χ1v) is 6.09. The lowest BCUT2D eigenvalue weighted by Gasteiger charge is -2.21. The number of aromatic hydroxyl groups is 1. The molecule has 0 saturated carbocycles. The number of carbonyl (C=O) groups is 1. The van der Waals surface area contributed by atoms with Crippen LogP contribution in [0, 0.1) is 33.1 Å². The van der Waals surface area contributed by atoms with Crippen LogP contribution in [0.1, 0.15) is 43.0 Å². The summed E-state index contributed by atoms with van der Waals surface area (Å²) in [4.78, 5) is 12.0. The number of rotatable bonds is 1. The van der Waals surface area contributed by atoms with Gasteiger partial charge in [-0.3, -0.25) is 4.79 Å². The average molecular weight is 250 g/mol. The molecule has 18 heavy (non-hydrogen) atoms. The fourth-order valence-electron chi connectivity index (χ4n) is 1.66. The van der Waals surface area contributed by atoms with E-state index in [1.807, 2.05) is 48.5 Å². The lowest BCUT2D eigenvalue weighted by molar-refractivity contribution is -0.143. The van der Waals surface area contributed by atoms with Crippen molar-refractivity contribution < 1.29 is 14.6 Å². The van der Waals surface area contributed by atoms with Gasteiger partial charge in [0.25, 0.3) is 0 Å². The normalized spacial score (nSPS) is 11.5. The van der Waals surface area contributed by atoms with E-state index in [9.17, 15) is 9.90 Å². The molecular formula is C15H22O3. The zero-order valence-electron chi connectivity index (χ0n) is 12.3. The quantitative estimate of drug-likeness (QED) is 0.612. The lowest BCUT2D eigenvalue weighted by Crippen LogP contribution is -2.26. The number of carbonyl (C=O) groups excluding carboxylic acids is 1. The highest BCUT2D eigenvalue weighted by atomic mass is 16.5. The summed E-state index contributed by atoms with van der Waals surface area (Å²) < 4.78 is 5.51. The largest absolute Gasteiger partial charge is 0.507 e. The van der Waals surface area contributed by atoms with Crippen LogP contribution < -0.4 is 4.74 Å². The molecule has 0 aromatic heterocycles. The van der Waals surface area contributed by atoms with Crippen molar-refractivity contribution in [2.24, 2.45) is 5.41 Å². The predicted molar refractivity (Wildman–Crippen MR) is 72.1 cm³/mol. The molecule has 0 aliphatic heterocycles. The third-order valence-electron chi connectivity index (χ3n) is 3.32. The maximum atomic E-state index is 12.0. The summed E-state index contributed by atoms with van der Waals surface area (Å²) in [6.45, 7) is 12.8. The van der Waals surface area contributed by atoms with Crippen molar-refractivity contribution in [2.75, 3.05) is 0 Å². The maximum absolute atomic E-state index is 12.0. The summed E-state index contributed by atoms with van der Waals surface area (Å²) >= 11 is 0. The van der Waals surface area contributed by atoms with Crippen LogP contribution in [0.3, 0.4) is 0 Å². The van der Waals surface area contributed by atoms with Gasteiger partial charge >= 0.3 is 5.97 Å². The van der Waals surface area contributed by atoms with Crippen LogP contribution in [0.25, 0.3) is 0 Å². The molecule has 0 aliphatic rings. The van der Waals surface area contributed by atoms with E-state index in [1.54, 1.807) is 0 Å². The van der Waals surface area contributed by atoms with Gasteiger partial charge in [0.05, 0.1) is 5.41 Å². The minimum absolute atomic E-state index is 0.266. The molecular weight excluding hydrogens is 228 g/mol. The summed E-state index contributed by atoms with van der Waals surface area (Å²) in [6.07, 6.45) is 0. The van der Waals surface area contributed by atoms with E-state index in [0.717, 1.165) is 22.3 Å². The number of benzene rings is 1. The summed E-state index contributed by atoms with van der Waals surface area (Å²) in [5.41, 5.74) is 2.60. The van der Waals surface area contributed by atoms with Crippen LogP contribution in [0.4, 0.5) is 0 Å². The zero-order chi connectivity index (χ0) is 14.2. The van der Waals surface area contributed by atoms with E-state index < -0.39 is 5.41 Å². The molecule has 0 spiro atoms. The van der Waals surface area contributed by atoms with Crippen LogP contribution in [0.15, 0.2) is 0 Å². The van der Waals surface area contributed by atoms with E-state index in [1.165, 1.54) is 0 Å². The summed E-state index contributed by atoms with van der Waals surface area (Å²) in [5, 5.41) is 9.95. The minimum atomic E-state index is -0.543. The smallest absolute Gasteiger partial charge is 0.316 e. The van der Waals surface area contributed by atoms with E-state index in [2.05, 4.69) is 0 Å². The Morgan fingerprint density at radius 3 is 1.67 bits per heavy atom. The van der Waals surface area contributed by atoms with E-state index >= 15 is 0 Å². The SMILES string of the molecule is Cc1c(C)c(OC(=O)C(C)(C)C)c(C)c(C)c1O. The molecule has 0 bridgehead atoms. The highest BCUT2D eigenvalue weighted by Crippen LogP contribution is 2.37. The van der Waals surface area contributed by atoms with Gasteiger partial charge in [-0.05, 0) is 70.7 Å². The molecule has 0 amide bonds. The van der Waals surface area contributed by atoms with Crippen LogP contribution in [0.2, 0.25) is 0 Å². The molecule has 1 N–H and O–H groups in total. The van der Waals surface area contributed by atoms with E-state index in [-0.39, 0.29) is 11.7 Å². The molecule has 0 aliphatic carbocycles. The summed E-state index contributed by atoms with van der Waals surface area (Å²) in [6, 6.07) is 0. The minimum Gasteiger partial charge on any atom is -0.507 e. The van der Waals surface area contributed by atoms with Crippen LogP contribution >= 0.6 is 0 Å². The standard InChI is InChI=1S/C15H22O3/c1-8-10(3)13(11(4)9(2)12(8)16)18-14(17)15(5,6)7/h16H,1-7H3. The van der Waals surface area contributed by atoms with Gasteiger partial charge < -0.3 is 9.84 Å². The van der Waals surface area contributed by atoms with Gasteiger partial charge in [-0.2, -0.15) is 0 Å². The van der Waals surface area contributed by atoms with Crippen molar-refractivity contribution in [3.63, 3.8) is 0 Å². The zero-order valence-corrected chi connectivity index (χ0v) is 12.3. The Kier molecular flexibility index (Phi) is 3.75. The lowest BCUT2D eigenvalue weighted by atomic mass is 9.96. The van der Waals surface area contributed by atoms with Gasteiger partial charge in [-0.1, -0.05) is 0 Å². The Hall–Kier alpha value is -1.51. The van der Waals surface area contributed by atoms with Gasteiger partial charge in [-0.25, -0.2) is 0 Å². The van der Waals surface area contributed by atoms with Crippen molar-refractivity contribution in [1.82, 2.24) is 0 Å². The molecule has 100 valence electrons. The third kappa shape index (κ3) is 2.50. The fourth-order valence-corrected chi connectivity index (χ4v) is 1.66. The Balaban J connectivity index is 3.31. The van der Waals surface area contributed by atoms with Gasteiger partial charge in [-0.15, -0.1) is 0 Å². The molecule has 0 atom stereocenters. The highest BCUT2D eigenvalue weighted by molar-refractivity contribution is 5.79. The Labute approximate surface area is 109 Å². The molecule has 0 heterocycles. The van der Waals surface area contributed by atoms with Gasteiger partial charge in [0, 0.05) is 0 Å². The predicted octanol–water partition coefficient (Wildman–Crippen LogP) is 3.58. The number of ether oxygens (including phenoxy) is 1. The van der Waals surface area contributed by atoms with Gasteiger partial charge in [0.1, 0.15) is 11.5 Å². The summed E-state index contributed by atoms with van der Waals surface area (Å²) in [7, 11) is 0. The second-order valence-electron chi connectivity index (χ2n) is 5.82. The third-order valence-corrected chi connectivity index (χ3v) is 3.32. The topological polar surface area (TPSA) is 46.5 Å². The van der Waals surface area contributed by atoms with E-state index in [4.69, 9.17) is 4.74 Å². The Bertz CT molecular complexity index is 464. The molecule has 0 saturated heterocycles. The first-order valence-electron chi connectivity index (χ1n) is 6.09. The van der Waals surface area contributed by atoms with Gasteiger partial charge in [0.15, 0.2) is 0 Å². The molecule has 0 radical (unpaired) electrons. The van der Waals surface area contributed by atoms with Crippen LogP contribution in [0.5, 0.6) is 11.5 Å². The number of esters is 1. The van der Waals surface area contributed by atoms with Crippen molar-refractivity contribution in [3.8, 4) is 11.5 Å². The molecule has 3 heteroatoms. The molecule has 1 aromatic rings. The average Bonchev–Trinajstić information content (AvgIpc) is 2.28. The first-order chi connectivity index (χ1) is 8.07. The first kappa shape index (κ1) is 14.6. The van der Waals surface area contributed by atoms with Crippen molar-refractivity contribution in [2.45, 2.75) is 48.5 Å². The monoisotopic (exact) mass is 250 g/mol. The molecule has 3 nitrogen and oxygen atoms in total. The molecule has 1 rings (SSSR count). The Morgan fingerprint density at radius 1 is 0.944 bits per heavy atom. The maximum Gasteiger partial charge on any atom is 0.316 e. The van der Waals surface area contributed by atoms with Crippen LogP contribution in [-0.4, -0.2) is 11.1 Å². The second kappa shape index (κ2) is 4.63. The summed E-state index contributed by atoms with van der Waals surface area (Å²) in [5.74, 6) is 0.585. The molecule has 0 fully saturated rings. The number of phenolic OH excluding ortho intramolecular Hbond substituents is 1. The number of hydrogen-bond donors (Lipinski definition) is 1. The molecule has 0 unspecified atom stereocenters. The van der Waals surface area contributed by atoms with Gasteiger partial charge in [0.2, 0.25) is 0 Å². The molecule has 1 aromatic carbocycles. The fraction of sp³-hybridized carbons (Fsp3) is 0.533. The highest BCUT2D eigenvalue weighted by Gasteiger charge is 2.26. The van der Waals surface area contributed by atoms with Crippen LogP contribution in [-0.2, 0) is 4.79 Å². The number of hydrogen-bond acceptors (Lipinski definition) is 3. The number of phenols is 1.